The molecular formula is C12H15ClN5O+. The zero-order valence-corrected chi connectivity index (χ0v) is 11.2. The average Bonchev–Trinajstić information content (AvgIpc) is 2.40. The number of rotatable bonds is 5. The Bertz CT molecular complexity index is 546. The Balaban J connectivity index is 2.14. The van der Waals surface area contributed by atoms with E-state index in [-0.39, 0.29) is 11.8 Å². The molecule has 1 heterocycles. The third-order valence-corrected chi connectivity index (χ3v) is 2.52. The van der Waals surface area contributed by atoms with Gasteiger partial charge in [0.15, 0.2) is 0 Å². The van der Waals surface area contributed by atoms with E-state index in [1.807, 2.05) is 31.2 Å². The first-order chi connectivity index (χ1) is 9.21. The molecule has 0 atom stereocenters. The number of halogens is 1. The highest BCUT2D eigenvalue weighted by Crippen LogP contribution is 2.17. The number of hydrogen-bond acceptors (Lipinski definition) is 5. The molecule has 6 nitrogen and oxygen atoms in total. The summed E-state index contributed by atoms with van der Waals surface area (Å²) in [6, 6.07) is 7.52. The van der Waals surface area contributed by atoms with Crippen LogP contribution in [0.5, 0.6) is 5.75 Å². The Morgan fingerprint density at radius 2 is 2.05 bits per heavy atom. The van der Waals surface area contributed by atoms with Gasteiger partial charge in [-0.3, -0.25) is 5.32 Å². The lowest BCUT2D eigenvalue weighted by Crippen LogP contribution is -2.20. The number of alkyl halides is 1. The maximum absolute atomic E-state index is 5.69. The molecule has 0 aliphatic carbocycles. The fourth-order valence-corrected chi connectivity index (χ4v) is 1.65. The summed E-state index contributed by atoms with van der Waals surface area (Å²) < 4.78 is 5.37. The van der Waals surface area contributed by atoms with Crippen molar-refractivity contribution in [3.05, 3.63) is 30.1 Å². The first-order valence-corrected chi connectivity index (χ1v) is 6.36. The van der Waals surface area contributed by atoms with Gasteiger partial charge in [-0.25, -0.2) is 4.98 Å². The van der Waals surface area contributed by atoms with Crippen molar-refractivity contribution in [2.45, 2.75) is 12.8 Å². The Morgan fingerprint density at radius 3 is 2.68 bits per heavy atom. The molecule has 0 aliphatic rings. The Kier molecular flexibility index (Phi) is 4.35. The summed E-state index contributed by atoms with van der Waals surface area (Å²) in [5, 5.41) is 3.09. The highest BCUT2D eigenvalue weighted by atomic mass is 35.5. The zero-order valence-electron chi connectivity index (χ0n) is 10.5. The van der Waals surface area contributed by atoms with Crippen LogP contribution in [0.4, 0.5) is 17.6 Å². The second-order valence-corrected chi connectivity index (χ2v) is 3.98. The maximum atomic E-state index is 5.69. The monoisotopic (exact) mass is 280 g/mol. The van der Waals surface area contributed by atoms with E-state index in [0.29, 0.717) is 18.4 Å². The molecule has 2 aromatic rings. The lowest BCUT2D eigenvalue weighted by molar-refractivity contribution is -0.351. The third kappa shape index (κ3) is 3.69. The van der Waals surface area contributed by atoms with Crippen molar-refractivity contribution < 1.29 is 9.72 Å². The second-order valence-electron chi connectivity index (χ2n) is 3.71. The molecule has 4 N–H and O–H groups in total. The number of nitrogens with one attached hydrogen (secondary N) is 2. The molecule has 1 aromatic heterocycles. The topological polar surface area (TPSA) is 87.2 Å². The van der Waals surface area contributed by atoms with Gasteiger partial charge in [0.1, 0.15) is 11.6 Å². The van der Waals surface area contributed by atoms with Gasteiger partial charge in [0.05, 0.1) is 12.3 Å². The van der Waals surface area contributed by atoms with Crippen LogP contribution in [0.1, 0.15) is 12.7 Å². The molecule has 0 aliphatic heterocycles. The summed E-state index contributed by atoms with van der Waals surface area (Å²) >= 11 is 5.69. The largest absolute Gasteiger partial charge is 0.494 e. The normalized spacial score (nSPS) is 10.2. The van der Waals surface area contributed by atoms with Gasteiger partial charge < -0.3 is 10.5 Å². The van der Waals surface area contributed by atoms with Gasteiger partial charge in [0.25, 0.3) is 0 Å². The van der Waals surface area contributed by atoms with Crippen molar-refractivity contribution >= 4 is 29.2 Å². The van der Waals surface area contributed by atoms with E-state index in [1.165, 1.54) is 0 Å². The summed E-state index contributed by atoms with van der Waals surface area (Å²) in [5.74, 6) is 2.25. The average molecular weight is 281 g/mol. The van der Waals surface area contributed by atoms with E-state index in [1.54, 1.807) is 0 Å². The fourth-order valence-electron chi connectivity index (χ4n) is 1.53. The highest BCUT2D eigenvalue weighted by molar-refractivity contribution is 6.16. The van der Waals surface area contributed by atoms with Crippen molar-refractivity contribution in [3.63, 3.8) is 0 Å². The summed E-state index contributed by atoms with van der Waals surface area (Å²) in [5.41, 5.74) is 6.49. The molecule has 0 fully saturated rings. The number of nitrogen functional groups attached to an aromatic ring is 1. The minimum absolute atomic E-state index is 0.205. The van der Waals surface area contributed by atoms with Crippen molar-refractivity contribution in [2.75, 3.05) is 17.7 Å². The molecular weight excluding hydrogens is 266 g/mol. The number of nitrogens with zero attached hydrogens (tertiary/aromatic N) is 2. The molecule has 0 radical (unpaired) electrons. The van der Waals surface area contributed by atoms with Crippen molar-refractivity contribution in [1.82, 2.24) is 9.97 Å². The summed E-state index contributed by atoms with van der Waals surface area (Å²) in [7, 11) is 0. The summed E-state index contributed by atoms with van der Waals surface area (Å²) in [6.45, 7) is 2.58. The Hall–Kier alpha value is -2.08. The van der Waals surface area contributed by atoms with Crippen LogP contribution in [0.2, 0.25) is 0 Å². The van der Waals surface area contributed by atoms with Crippen LogP contribution in [-0.4, -0.2) is 16.6 Å². The number of ether oxygens (including phenoxy) is 1. The van der Waals surface area contributed by atoms with Crippen LogP contribution in [0.25, 0.3) is 0 Å². The zero-order chi connectivity index (χ0) is 13.7. The lowest BCUT2D eigenvalue weighted by Gasteiger charge is -2.04. The number of H-pyrrole nitrogens is 1. The molecule has 7 heteroatoms. The number of hydrogen-bond donors (Lipinski definition) is 2. The molecule has 0 spiro atoms. The third-order valence-electron chi connectivity index (χ3n) is 2.28. The SMILES string of the molecule is CCOc1ccc(Nc2nc(CCl)nc(N)[nH+]2)cc1. The Morgan fingerprint density at radius 1 is 1.32 bits per heavy atom. The van der Waals surface area contributed by atoms with Crippen LogP contribution in [0, 0.1) is 0 Å². The van der Waals surface area contributed by atoms with E-state index < -0.39 is 0 Å². The van der Waals surface area contributed by atoms with Crippen LogP contribution >= 0.6 is 11.6 Å². The Labute approximate surface area is 116 Å². The lowest BCUT2D eigenvalue weighted by atomic mass is 10.3. The molecule has 0 amide bonds. The van der Waals surface area contributed by atoms with E-state index >= 15 is 0 Å². The van der Waals surface area contributed by atoms with Crippen molar-refractivity contribution in [1.29, 1.82) is 0 Å². The van der Waals surface area contributed by atoms with Gasteiger partial charge in [-0.1, -0.05) is 0 Å². The predicted octanol–water partition coefficient (Wildman–Crippen LogP) is 1.75. The number of benzene rings is 1. The van der Waals surface area contributed by atoms with Gasteiger partial charge in [0.2, 0.25) is 5.82 Å². The molecule has 0 unspecified atom stereocenters. The number of aromatic nitrogens is 3. The first kappa shape index (κ1) is 13.4. The minimum Gasteiger partial charge on any atom is -0.494 e. The van der Waals surface area contributed by atoms with Crippen LogP contribution in [-0.2, 0) is 5.88 Å². The van der Waals surface area contributed by atoms with Crippen LogP contribution in [0.3, 0.4) is 0 Å². The van der Waals surface area contributed by atoms with E-state index in [0.717, 1.165) is 11.4 Å². The number of aromatic amines is 1. The summed E-state index contributed by atoms with van der Waals surface area (Å²) in [4.78, 5) is 11.0. The predicted molar refractivity (Wildman–Crippen MR) is 73.5 cm³/mol. The standard InChI is InChI=1S/C12H14ClN5O/c1-2-19-9-5-3-8(4-6-9)15-12-17-10(7-13)16-11(14)18-12/h3-6H,2,7H2,1H3,(H3,14,15,16,17,18)/p+1. The maximum Gasteiger partial charge on any atom is 0.325 e. The van der Waals surface area contributed by atoms with Crippen LogP contribution in [0.15, 0.2) is 24.3 Å². The van der Waals surface area contributed by atoms with Gasteiger partial charge in [0, 0.05) is 0 Å². The van der Waals surface area contributed by atoms with Crippen LogP contribution < -0.4 is 20.8 Å². The quantitative estimate of drug-likeness (QED) is 0.815. The van der Waals surface area contributed by atoms with Gasteiger partial charge in [-0.2, -0.15) is 0 Å². The van der Waals surface area contributed by atoms with Gasteiger partial charge >= 0.3 is 11.9 Å². The molecule has 1 aromatic carbocycles. The van der Waals surface area contributed by atoms with Crippen molar-refractivity contribution in [2.24, 2.45) is 0 Å². The van der Waals surface area contributed by atoms with Crippen molar-refractivity contribution in [3.8, 4) is 5.75 Å². The van der Waals surface area contributed by atoms with E-state index in [4.69, 9.17) is 22.1 Å². The number of anilines is 3. The number of nitrogens with two attached hydrogens (primary N) is 1. The van der Waals surface area contributed by atoms with E-state index in [2.05, 4.69) is 20.3 Å². The molecule has 0 saturated heterocycles. The molecule has 0 saturated carbocycles. The summed E-state index contributed by atoms with van der Waals surface area (Å²) in [6.07, 6.45) is 0. The first-order valence-electron chi connectivity index (χ1n) is 5.83. The fraction of sp³-hybridized carbons (Fsp3) is 0.250. The van der Waals surface area contributed by atoms with Gasteiger partial charge in [-0.15, -0.1) is 21.6 Å². The minimum atomic E-state index is 0.205. The van der Waals surface area contributed by atoms with Gasteiger partial charge in [-0.05, 0) is 31.2 Å². The van der Waals surface area contributed by atoms with E-state index in [9.17, 15) is 0 Å². The highest BCUT2D eigenvalue weighted by Gasteiger charge is 2.10. The second kappa shape index (κ2) is 6.19. The smallest absolute Gasteiger partial charge is 0.325 e. The molecule has 100 valence electrons. The molecule has 2 rings (SSSR count). The molecule has 0 bridgehead atoms. The molecule has 19 heavy (non-hydrogen) atoms.